The van der Waals surface area contributed by atoms with Gasteiger partial charge in [0.1, 0.15) is 0 Å². The summed E-state index contributed by atoms with van der Waals surface area (Å²) >= 11 is 0. The number of aliphatic hydroxyl groups is 1. The van der Waals surface area contributed by atoms with Gasteiger partial charge in [-0.15, -0.1) is 0 Å². The van der Waals surface area contributed by atoms with Gasteiger partial charge in [0.15, 0.2) is 0 Å². The standard InChI is InChI=1S/C13H27NO/c1-5-6-11(8-14)13(15)9-12(3,4)7-10(13)2/h10-11,15H,5-9,14H2,1-4H3. The number of hydrogen-bond donors (Lipinski definition) is 2. The van der Waals surface area contributed by atoms with Crippen LogP contribution >= 0.6 is 0 Å². The van der Waals surface area contributed by atoms with Gasteiger partial charge >= 0.3 is 0 Å². The summed E-state index contributed by atoms with van der Waals surface area (Å²) in [7, 11) is 0. The first-order chi connectivity index (χ1) is 6.85. The molecule has 3 N–H and O–H groups in total. The number of hydrogen-bond acceptors (Lipinski definition) is 2. The fourth-order valence-electron chi connectivity index (χ4n) is 3.49. The van der Waals surface area contributed by atoms with Crippen molar-refractivity contribution in [3.63, 3.8) is 0 Å². The molecule has 0 aromatic carbocycles. The van der Waals surface area contributed by atoms with E-state index in [9.17, 15) is 5.11 Å². The van der Waals surface area contributed by atoms with Crippen LogP contribution in [0.2, 0.25) is 0 Å². The van der Waals surface area contributed by atoms with Crippen LogP contribution in [-0.2, 0) is 0 Å². The molecule has 0 aromatic rings. The topological polar surface area (TPSA) is 46.2 Å². The molecule has 3 unspecified atom stereocenters. The van der Waals surface area contributed by atoms with E-state index in [1.165, 1.54) is 0 Å². The lowest BCUT2D eigenvalue weighted by Gasteiger charge is -2.36. The van der Waals surface area contributed by atoms with Crippen LogP contribution in [0.1, 0.15) is 53.4 Å². The summed E-state index contributed by atoms with van der Waals surface area (Å²) in [5, 5.41) is 10.8. The molecule has 0 heterocycles. The van der Waals surface area contributed by atoms with Crippen molar-refractivity contribution in [2.24, 2.45) is 23.0 Å². The van der Waals surface area contributed by atoms with Gasteiger partial charge in [-0.05, 0) is 37.1 Å². The van der Waals surface area contributed by atoms with E-state index < -0.39 is 5.60 Å². The highest BCUT2D eigenvalue weighted by molar-refractivity contribution is 5.02. The Morgan fingerprint density at radius 3 is 2.40 bits per heavy atom. The Bertz CT molecular complexity index is 215. The van der Waals surface area contributed by atoms with Gasteiger partial charge in [0, 0.05) is 5.92 Å². The smallest absolute Gasteiger partial charge is 0.0718 e. The second-order valence-corrected chi connectivity index (χ2v) is 6.16. The highest BCUT2D eigenvalue weighted by atomic mass is 16.3. The maximum Gasteiger partial charge on any atom is 0.0718 e. The lowest BCUT2D eigenvalue weighted by molar-refractivity contribution is -0.0506. The fraction of sp³-hybridized carbons (Fsp3) is 1.00. The van der Waals surface area contributed by atoms with Crippen LogP contribution in [0.25, 0.3) is 0 Å². The van der Waals surface area contributed by atoms with Crippen LogP contribution in [0.15, 0.2) is 0 Å². The van der Waals surface area contributed by atoms with Crippen molar-refractivity contribution in [2.45, 2.75) is 59.0 Å². The molecule has 2 heteroatoms. The SMILES string of the molecule is CCCC(CN)C1(O)CC(C)(C)CC1C. The summed E-state index contributed by atoms with van der Waals surface area (Å²) in [6.07, 6.45) is 4.18. The molecule has 1 aliphatic rings. The zero-order chi connectivity index (χ0) is 11.7. The third kappa shape index (κ3) is 2.54. The highest BCUT2D eigenvalue weighted by Gasteiger charge is 2.50. The quantitative estimate of drug-likeness (QED) is 0.754. The summed E-state index contributed by atoms with van der Waals surface area (Å²) in [6, 6.07) is 0. The van der Waals surface area contributed by atoms with E-state index in [0.717, 1.165) is 25.7 Å². The maximum absolute atomic E-state index is 10.8. The van der Waals surface area contributed by atoms with E-state index in [1.807, 2.05) is 0 Å². The lowest BCUT2D eigenvalue weighted by atomic mass is 9.76. The van der Waals surface area contributed by atoms with E-state index in [1.54, 1.807) is 0 Å². The molecule has 0 bridgehead atoms. The summed E-state index contributed by atoms with van der Waals surface area (Å²) in [5.74, 6) is 0.659. The van der Waals surface area contributed by atoms with E-state index in [-0.39, 0.29) is 11.3 Å². The maximum atomic E-state index is 10.8. The minimum atomic E-state index is -0.520. The van der Waals surface area contributed by atoms with Crippen LogP contribution in [0.5, 0.6) is 0 Å². The Labute approximate surface area is 94.2 Å². The average Bonchev–Trinajstić information content (AvgIpc) is 2.32. The molecule has 90 valence electrons. The van der Waals surface area contributed by atoms with Crippen molar-refractivity contribution in [3.8, 4) is 0 Å². The Kier molecular flexibility index (Phi) is 3.83. The number of rotatable bonds is 4. The predicted molar refractivity (Wildman–Crippen MR) is 64.6 cm³/mol. The van der Waals surface area contributed by atoms with Gasteiger partial charge in [-0.25, -0.2) is 0 Å². The van der Waals surface area contributed by atoms with Crippen LogP contribution in [0.3, 0.4) is 0 Å². The predicted octanol–water partition coefficient (Wildman–Crippen LogP) is 2.55. The van der Waals surface area contributed by atoms with Gasteiger partial charge in [-0.1, -0.05) is 34.1 Å². The molecule has 0 radical (unpaired) electrons. The molecule has 0 aromatic heterocycles. The third-order valence-electron chi connectivity index (χ3n) is 4.10. The zero-order valence-electron chi connectivity index (χ0n) is 10.7. The average molecular weight is 213 g/mol. The molecular weight excluding hydrogens is 186 g/mol. The first-order valence-electron chi connectivity index (χ1n) is 6.28. The second-order valence-electron chi connectivity index (χ2n) is 6.16. The van der Waals surface area contributed by atoms with Crippen LogP contribution in [-0.4, -0.2) is 17.3 Å². The van der Waals surface area contributed by atoms with E-state index >= 15 is 0 Å². The largest absolute Gasteiger partial charge is 0.389 e. The van der Waals surface area contributed by atoms with Gasteiger partial charge in [0.05, 0.1) is 5.60 Å². The van der Waals surface area contributed by atoms with Crippen LogP contribution < -0.4 is 5.73 Å². The molecule has 15 heavy (non-hydrogen) atoms. The highest BCUT2D eigenvalue weighted by Crippen LogP contribution is 2.51. The van der Waals surface area contributed by atoms with Crippen molar-refractivity contribution >= 4 is 0 Å². The molecule has 1 rings (SSSR count). The summed E-state index contributed by atoms with van der Waals surface area (Å²) in [6.45, 7) is 9.45. The molecule has 0 aliphatic heterocycles. The Morgan fingerprint density at radius 2 is 2.07 bits per heavy atom. The van der Waals surface area contributed by atoms with Gasteiger partial charge < -0.3 is 10.8 Å². The third-order valence-corrected chi connectivity index (χ3v) is 4.10. The fourth-order valence-corrected chi connectivity index (χ4v) is 3.49. The summed E-state index contributed by atoms with van der Waals surface area (Å²) in [4.78, 5) is 0. The van der Waals surface area contributed by atoms with Gasteiger partial charge in [0.2, 0.25) is 0 Å². The van der Waals surface area contributed by atoms with E-state index in [2.05, 4.69) is 27.7 Å². The van der Waals surface area contributed by atoms with Crippen molar-refractivity contribution < 1.29 is 5.11 Å². The van der Waals surface area contributed by atoms with Crippen molar-refractivity contribution in [1.82, 2.24) is 0 Å². The van der Waals surface area contributed by atoms with Crippen molar-refractivity contribution in [2.75, 3.05) is 6.54 Å². The van der Waals surface area contributed by atoms with Gasteiger partial charge in [-0.2, -0.15) is 0 Å². The molecule has 3 atom stereocenters. The second kappa shape index (κ2) is 4.42. The first kappa shape index (κ1) is 13.0. The Morgan fingerprint density at radius 1 is 1.47 bits per heavy atom. The minimum Gasteiger partial charge on any atom is -0.389 e. The molecule has 0 saturated heterocycles. The van der Waals surface area contributed by atoms with Crippen LogP contribution in [0.4, 0.5) is 0 Å². The molecule has 1 saturated carbocycles. The lowest BCUT2D eigenvalue weighted by Crippen LogP contribution is -2.44. The van der Waals surface area contributed by atoms with Crippen molar-refractivity contribution in [1.29, 1.82) is 0 Å². The molecule has 2 nitrogen and oxygen atoms in total. The molecule has 0 spiro atoms. The van der Waals surface area contributed by atoms with E-state index in [4.69, 9.17) is 5.73 Å². The first-order valence-corrected chi connectivity index (χ1v) is 6.28. The van der Waals surface area contributed by atoms with E-state index in [0.29, 0.717) is 12.5 Å². The van der Waals surface area contributed by atoms with Crippen LogP contribution in [0, 0.1) is 17.3 Å². The molecule has 1 fully saturated rings. The van der Waals surface area contributed by atoms with Gasteiger partial charge in [0.25, 0.3) is 0 Å². The zero-order valence-corrected chi connectivity index (χ0v) is 10.7. The Hall–Kier alpha value is -0.0800. The molecular formula is C13H27NO. The number of nitrogens with two attached hydrogens (primary N) is 1. The summed E-state index contributed by atoms with van der Waals surface area (Å²) < 4.78 is 0. The van der Waals surface area contributed by atoms with Crippen molar-refractivity contribution in [3.05, 3.63) is 0 Å². The minimum absolute atomic E-state index is 0.273. The monoisotopic (exact) mass is 213 g/mol. The normalized spacial score (nSPS) is 36.8. The summed E-state index contributed by atoms with van der Waals surface area (Å²) in [5.41, 5.74) is 5.57. The Balaban J connectivity index is 2.80. The molecule has 1 aliphatic carbocycles. The van der Waals surface area contributed by atoms with Gasteiger partial charge in [-0.3, -0.25) is 0 Å². The molecule has 0 amide bonds.